The molecule has 0 fully saturated rings. The smallest absolute Gasteiger partial charge is 0.164 e. The number of hydrogen-bond acceptors (Lipinski definition) is 4. The van der Waals surface area contributed by atoms with Gasteiger partial charge in [0.15, 0.2) is 17.6 Å². The van der Waals surface area contributed by atoms with Gasteiger partial charge >= 0.3 is 0 Å². The lowest BCUT2D eigenvalue weighted by molar-refractivity contribution is 0.0857. The summed E-state index contributed by atoms with van der Waals surface area (Å²) in [6.07, 6.45) is 1.68. The molecule has 2 heterocycles. The molecule has 2 aromatic rings. The third-order valence-corrected chi connectivity index (χ3v) is 4.14. The van der Waals surface area contributed by atoms with Crippen LogP contribution in [0.25, 0.3) is 0 Å². The Hall–Kier alpha value is -2.49. The molecule has 2 aliphatic heterocycles. The van der Waals surface area contributed by atoms with Crippen LogP contribution < -0.4 is 9.47 Å². The molecular weight excluding hydrogens is 278 g/mol. The van der Waals surface area contributed by atoms with Crippen LogP contribution in [0.5, 0.6) is 11.5 Å². The lowest BCUT2D eigenvalue weighted by Crippen LogP contribution is -2.02. The second kappa shape index (κ2) is 5.37. The first-order chi connectivity index (χ1) is 10.8. The van der Waals surface area contributed by atoms with Crippen LogP contribution in [0.4, 0.5) is 0 Å². The van der Waals surface area contributed by atoms with Crippen molar-refractivity contribution in [3.05, 3.63) is 59.2 Å². The van der Waals surface area contributed by atoms with Crippen molar-refractivity contribution in [3.63, 3.8) is 0 Å². The molecule has 0 bridgehead atoms. The Bertz CT molecular complexity index is 725. The predicted octanol–water partition coefficient (Wildman–Crippen LogP) is 3.50. The maximum Gasteiger partial charge on any atom is 0.164 e. The van der Waals surface area contributed by atoms with Crippen LogP contribution >= 0.6 is 0 Å². The second-order valence-electron chi connectivity index (χ2n) is 5.51. The number of fused-ring (bicyclic) bond motifs is 1. The topological polar surface area (TPSA) is 40.0 Å². The van der Waals surface area contributed by atoms with E-state index in [4.69, 9.17) is 14.3 Å². The van der Waals surface area contributed by atoms with Crippen molar-refractivity contribution in [2.75, 3.05) is 13.7 Å². The van der Waals surface area contributed by atoms with Crippen molar-refractivity contribution in [3.8, 4) is 11.5 Å². The van der Waals surface area contributed by atoms with E-state index in [-0.39, 0.29) is 6.10 Å². The molecule has 0 amide bonds. The quantitative estimate of drug-likeness (QED) is 0.870. The summed E-state index contributed by atoms with van der Waals surface area (Å²) < 4.78 is 11.1. The van der Waals surface area contributed by atoms with Crippen LogP contribution in [-0.2, 0) is 11.3 Å². The standard InChI is InChI=1S/C18H17NO3/c1-20-17-10-14(9-13-7-8-21-18(13)17)15-11-16(22-19-15)12-5-3-2-4-6-12/h2-6,9-10,16H,7-8,11H2,1H3. The zero-order valence-corrected chi connectivity index (χ0v) is 12.4. The highest BCUT2D eigenvalue weighted by molar-refractivity contribution is 6.02. The number of nitrogens with zero attached hydrogens (tertiary/aromatic N) is 1. The van der Waals surface area contributed by atoms with Crippen molar-refractivity contribution in [2.45, 2.75) is 18.9 Å². The number of ether oxygens (including phenoxy) is 2. The first-order valence-corrected chi connectivity index (χ1v) is 7.47. The van der Waals surface area contributed by atoms with Gasteiger partial charge in [0.05, 0.1) is 19.4 Å². The SMILES string of the molecule is COc1cc(C2=NOC(c3ccccc3)C2)cc2c1OCC2. The molecule has 2 aromatic carbocycles. The first-order valence-electron chi connectivity index (χ1n) is 7.47. The number of methoxy groups -OCH3 is 1. The maximum absolute atomic E-state index is 5.63. The summed E-state index contributed by atoms with van der Waals surface area (Å²) >= 11 is 0. The van der Waals surface area contributed by atoms with E-state index in [0.29, 0.717) is 6.61 Å². The molecule has 4 rings (SSSR count). The third kappa shape index (κ3) is 2.21. The van der Waals surface area contributed by atoms with E-state index in [1.807, 2.05) is 24.3 Å². The average Bonchev–Trinajstić information content (AvgIpc) is 3.23. The van der Waals surface area contributed by atoms with Gasteiger partial charge in [0.25, 0.3) is 0 Å². The number of benzene rings is 2. The van der Waals surface area contributed by atoms with E-state index in [1.54, 1.807) is 7.11 Å². The van der Waals surface area contributed by atoms with Crippen LogP contribution in [0, 0.1) is 0 Å². The minimum absolute atomic E-state index is 0.00769. The third-order valence-electron chi connectivity index (χ3n) is 4.14. The first kappa shape index (κ1) is 13.2. The molecule has 2 aliphatic rings. The minimum Gasteiger partial charge on any atom is -0.493 e. The van der Waals surface area contributed by atoms with Crippen molar-refractivity contribution in [1.82, 2.24) is 0 Å². The van der Waals surface area contributed by atoms with Crippen LogP contribution in [0.2, 0.25) is 0 Å². The van der Waals surface area contributed by atoms with Gasteiger partial charge < -0.3 is 14.3 Å². The van der Waals surface area contributed by atoms with E-state index < -0.39 is 0 Å². The Morgan fingerprint density at radius 3 is 2.86 bits per heavy atom. The molecule has 0 N–H and O–H groups in total. The summed E-state index contributed by atoms with van der Waals surface area (Å²) in [4.78, 5) is 5.61. The monoisotopic (exact) mass is 295 g/mol. The van der Waals surface area contributed by atoms with Crippen LogP contribution in [0.15, 0.2) is 47.6 Å². The van der Waals surface area contributed by atoms with Crippen LogP contribution in [-0.4, -0.2) is 19.4 Å². The Morgan fingerprint density at radius 1 is 1.18 bits per heavy atom. The molecular formula is C18H17NO3. The molecule has 4 heteroatoms. The number of rotatable bonds is 3. The molecule has 0 radical (unpaired) electrons. The molecule has 0 saturated heterocycles. The van der Waals surface area contributed by atoms with Gasteiger partial charge in [0.1, 0.15) is 0 Å². The summed E-state index contributed by atoms with van der Waals surface area (Å²) in [5.74, 6) is 1.64. The molecule has 22 heavy (non-hydrogen) atoms. The Kier molecular flexibility index (Phi) is 3.22. The highest BCUT2D eigenvalue weighted by Gasteiger charge is 2.26. The Balaban J connectivity index is 1.61. The lowest BCUT2D eigenvalue weighted by Gasteiger charge is -2.10. The number of oxime groups is 1. The summed E-state index contributed by atoms with van der Waals surface area (Å²) in [5.41, 5.74) is 4.35. The molecule has 1 atom stereocenters. The van der Waals surface area contributed by atoms with Gasteiger partial charge in [-0.1, -0.05) is 35.5 Å². The minimum atomic E-state index is -0.00769. The van der Waals surface area contributed by atoms with Crippen molar-refractivity contribution in [2.24, 2.45) is 5.16 Å². The highest BCUT2D eigenvalue weighted by Crippen LogP contribution is 2.38. The highest BCUT2D eigenvalue weighted by atomic mass is 16.6. The maximum atomic E-state index is 5.63. The van der Waals surface area contributed by atoms with Gasteiger partial charge in [-0.25, -0.2) is 0 Å². The zero-order valence-electron chi connectivity index (χ0n) is 12.4. The van der Waals surface area contributed by atoms with Gasteiger partial charge in [0.2, 0.25) is 0 Å². The number of hydrogen-bond donors (Lipinski definition) is 0. The van der Waals surface area contributed by atoms with E-state index in [1.165, 1.54) is 5.56 Å². The molecule has 0 aromatic heterocycles. The van der Waals surface area contributed by atoms with Gasteiger partial charge in [-0.2, -0.15) is 0 Å². The molecule has 112 valence electrons. The average molecular weight is 295 g/mol. The van der Waals surface area contributed by atoms with Gasteiger partial charge in [-0.3, -0.25) is 0 Å². The summed E-state index contributed by atoms with van der Waals surface area (Å²) in [6, 6.07) is 14.3. The van der Waals surface area contributed by atoms with Crippen molar-refractivity contribution < 1.29 is 14.3 Å². The predicted molar refractivity (Wildman–Crippen MR) is 83.6 cm³/mol. The van der Waals surface area contributed by atoms with Crippen molar-refractivity contribution in [1.29, 1.82) is 0 Å². The van der Waals surface area contributed by atoms with Gasteiger partial charge in [-0.05, 0) is 17.7 Å². The van der Waals surface area contributed by atoms with Crippen molar-refractivity contribution >= 4 is 5.71 Å². The molecule has 0 spiro atoms. The fraction of sp³-hybridized carbons (Fsp3) is 0.278. The van der Waals surface area contributed by atoms with Crippen LogP contribution in [0.3, 0.4) is 0 Å². The largest absolute Gasteiger partial charge is 0.493 e. The lowest BCUT2D eigenvalue weighted by atomic mass is 9.98. The summed E-state index contributed by atoms with van der Waals surface area (Å²) in [5, 5.41) is 4.28. The molecule has 4 nitrogen and oxygen atoms in total. The normalized spacial score (nSPS) is 19.1. The van der Waals surface area contributed by atoms with Crippen LogP contribution in [0.1, 0.15) is 29.2 Å². The fourth-order valence-corrected chi connectivity index (χ4v) is 2.99. The second-order valence-corrected chi connectivity index (χ2v) is 5.51. The van der Waals surface area contributed by atoms with E-state index in [0.717, 1.165) is 41.2 Å². The molecule has 0 saturated carbocycles. The van der Waals surface area contributed by atoms with Gasteiger partial charge in [0, 0.05) is 24.0 Å². The van der Waals surface area contributed by atoms with Gasteiger partial charge in [-0.15, -0.1) is 0 Å². The van der Waals surface area contributed by atoms with E-state index in [9.17, 15) is 0 Å². The van der Waals surface area contributed by atoms with E-state index in [2.05, 4.69) is 23.4 Å². The molecule has 0 aliphatic carbocycles. The zero-order chi connectivity index (χ0) is 14.9. The van der Waals surface area contributed by atoms with E-state index >= 15 is 0 Å². The summed E-state index contributed by atoms with van der Waals surface area (Å²) in [6.45, 7) is 0.713. The fourth-order valence-electron chi connectivity index (χ4n) is 2.99. The Morgan fingerprint density at radius 2 is 2.05 bits per heavy atom. The molecule has 1 unspecified atom stereocenters. The summed E-state index contributed by atoms with van der Waals surface area (Å²) in [7, 11) is 1.67. The Labute approximate surface area is 129 Å².